The van der Waals surface area contributed by atoms with E-state index in [0.717, 1.165) is 15.5 Å². The van der Waals surface area contributed by atoms with Crippen LogP contribution in [-0.4, -0.2) is 9.55 Å². The third-order valence-electron chi connectivity index (χ3n) is 2.70. The van der Waals surface area contributed by atoms with Gasteiger partial charge in [0.15, 0.2) is 0 Å². The van der Waals surface area contributed by atoms with E-state index in [-0.39, 0.29) is 0 Å². The van der Waals surface area contributed by atoms with Crippen LogP contribution in [0.4, 0.5) is 0 Å². The Morgan fingerprint density at radius 1 is 1.31 bits per heavy atom. The summed E-state index contributed by atoms with van der Waals surface area (Å²) in [5, 5.41) is 0.832. The van der Waals surface area contributed by atoms with Gasteiger partial charge < -0.3 is 4.57 Å². The maximum atomic E-state index is 4.33. The Bertz CT molecular complexity index is 518. The van der Waals surface area contributed by atoms with Crippen LogP contribution in [0.3, 0.4) is 0 Å². The Labute approximate surface area is 112 Å². The average Bonchev–Trinajstić information content (AvgIpc) is 2.60. The predicted octanol–water partition coefficient (Wildman–Crippen LogP) is 4.15. The smallest absolute Gasteiger partial charge is 0.0997 e. The summed E-state index contributed by atoms with van der Waals surface area (Å²) in [4.78, 5) is 4.33. The van der Waals surface area contributed by atoms with Crippen LogP contribution in [-0.2, 0) is 5.33 Å². The van der Waals surface area contributed by atoms with E-state index in [1.165, 1.54) is 16.9 Å². The third-order valence-corrected chi connectivity index (χ3v) is 3.79. The molecule has 1 heterocycles. The quantitative estimate of drug-likeness (QED) is 0.749. The van der Waals surface area contributed by atoms with Crippen LogP contribution in [0, 0.1) is 13.8 Å². The number of hydrogen-bond acceptors (Lipinski definition) is 1. The summed E-state index contributed by atoms with van der Waals surface area (Å²) in [6.45, 7) is 4.11. The van der Waals surface area contributed by atoms with Crippen molar-refractivity contribution in [3.8, 4) is 5.69 Å². The summed E-state index contributed by atoms with van der Waals surface area (Å²) in [6.07, 6.45) is 1.88. The highest BCUT2D eigenvalue weighted by molar-refractivity contribution is 9.10. The first-order valence-corrected chi connectivity index (χ1v) is 6.90. The molecule has 0 aliphatic rings. The zero-order chi connectivity index (χ0) is 11.7. The first-order valence-electron chi connectivity index (χ1n) is 4.99. The first kappa shape index (κ1) is 11.9. The molecule has 0 amide bonds. The summed E-state index contributed by atoms with van der Waals surface area (Å²) in [6, 6.07) is 6.28. The van der Waals surface area contributed by atoms with Crippen LogP contribution < -0.4 is 0 Å². The summed E-state index contributed by atoms with van der Waals surface area (Å²) in [5.74, 6) is 0. The van der Waals surface area contributed by atoms with Gasteiger partial charge in [0.1, 0.15) is 0 Å². The van der Waals surface area contributed by atoms with E-state index in [1.807, 2.05) is 13.3 Å². The molecule has 0 spiro atoms. The molecule has 0 aliphatic carbocycles. The van der Waals surface area contributed by atoms with Gasteiger partial charge in [0.2, 0.25) is 0 Å². The Hall–Kier alpha value is -0.610. The van der Waals surface area contributed by atoms with Gasteiger partial charge in [-0.3, -0.25) is 0 Å². The fourth-order valence-electron chi connectivity index (χ4n) is 1.64. The van der Waals surface area contributed by atoms with Crippen LogP contribution in [0.1, 0.15) is 17.0 Å². The van der Waals surface area contributed by atoms with Gasteiger partial charge in [-0.1, -0.05) is 31.9 Å². The van der Waals surface area contributed by atoms with E-state index in [2.05, 4.69) is 66.5 Å². The number of rotatable bonds is 2. The van der Waals surface area contributed by atoms with Crippen molar-refractivity contribution in [1.82, 2.24) is 9.55 Å². The maximum absolute atomic E-state index is 4.33. The molecule has 2 rings (SSSR count). The molecule has 4 heteroatoms. The number of halogens is 2. The fraction of sp³-hybridized carbons (Fsp3) is 0.250. The van der Waals surface area contributed by atoms with Gasteiger partial charge in [-0.05, 0) is 37.6 Å². The van der Waals surface area contributed by atoms with Crippen molar-refractivity contribution in [2.75, 3.05) is 0 Å². The zero-order valence-electron chi connectivity index (χ0n) is 9.17. The van der Waals surface area contributed by atoms with Crippen molar-refractivity contribution in [1.29, 1.82) is 0 Å². The fourth-order valence-corrected chi connectivity index (χ4v) is 2.50. The molecule has 2 aromatic rings. The number of nitrogens with zero attached hydrogens (tertiary/aromatic N) is 2. The van der Waals surface area contributed by atoms with Crippen molar-refractivity contribution in [3.05, 3.63) is 46.0 Å². The minimum absolute atomic E-state index is 0.832. The molecule has 16 heavy (non-hydrogen) atoms. The lowest BCUT2D eigenvalue weighted by molar-refractivity contribution is 0.985. The first-order chi connectivity index (χ1) is 7.63. The van der Waals surface area contributed by atoms with Gasteiger partial charge in [0, 0.05) is 15.5 Å². The van der Waals surface area contributed by atoms with Crippen LogP contribution in [0.15, 0.2) is 29.0 Å². The molecular formula is C12H12Br2N2. The molecule has 2 nitrogen and oxygen atoms in total. The monoisotopic (exact) mass is 342 g/mol. The second-order valence-electron chi connectivity index (χ2n) is 3.69. The van der Waals surface area contributed by atoms with Crippen molar-refractivity contribution < 1.29 is 0 Å². The van der Waals surface area contributed by atoms with E-state index in [1.54, 1.807) is 0 Å². The predicted molar refractivity (Wildman–Crippen MR) is 73.4 cm³/mol. The Balaban J connectivity index is 2.59. The second-order valence-corrected chi connectivity index (χ2v) is 5.17. The Morgan fingerprint density at radius 2 is 2.06 bits per heavy atom. The van der Waals surface area contributed by atoms with Gasteiger partial charge in [0.05, 0.1) is 17.7 Å². The molecule has 0 atom stereocenters. The lowest BCUT2D eigenvalue weighted by atomic mass is 10.2. The highest BCUT2D eigenvalue weighted by Crippen LogP contribution is 2.24. The second kappa shape index (κ2) is 4.72. The van der Waals surface area contributed by atoms with E-state index < -0.39 is 0 Å². The number of benzene rings is 1. The molecule has 0 N–H and O–H groups in total. The van der Waals surface area contributed by atoms with Crippen molar-refractivity contribution in [2.24, 2.45) is 0 Å². The lowest BCUT2D eigenvalue weighted by Crippen LogP contribution is -1.99. The molecule has 0 saturated carbocycles. The molecule has 0 unspecified atom stereocenters. The number of alkyl halides is 1. The van der Waals surface area contributed by atoms with Gasteiger partial charge >= 0.3 is 0 Å². The molecule has 1 aromatic heterocycles. The van der Waals surface area contributed by atoms with E-state index in [4.69, 9.17) is 0 Å². The molecule has 0 aliphatic heterocycles. The largest absolute Gasteiger partial charge is 0.303 e. The highest BCUT2D eigenvalue weighted by atomic mass is 79.9. The lowest BCUT2D eigenvalue weighted by Gasteiger charge is -2.10. The number of imidazole rings is 1. The SMILES string of the molecule is Cc1ncn(-c2ccc(Br)cc2CBr)c1C. The standard InChI is InChI=1S/C12H12Br2N2/c1-8-9(2)16(7-15-8)12-4-3-11(14)5-10(12)6-13/h3-5,7H,6H2,1-2H3. The molecule has 0 bridgehead atoms. The van der Waals surface area contributed by atoms with Crippen molar-refractivity contribution >= 4 is 31.9 Å². The van der Waals surface area contributed by atoms with Crippen LogP contribution >= 0.6 is 31.9 Å². The van der Waals surface area contributed by atoms with E-state index >= 15 is 0 Å². The molecular weight excluding hydrogens is 332 g/mol. The summed E-state index contributed by atoms with van der Waals surface area (Å²) >= 11 is 7.00. The molecule has 0 fully saturated rings. The molecule has 0 saturated heterocycles. The van der Waals surface area contributed by atoms with E-state index in [9.17, 15) is 0 Å². The topological polar surface area (TPSA) is 17.8 Å². The minimum Gasteiger partial charge on any atom is -0.303 e. The summed E-state index contributed by atoms with van der Waals surface area (Å²) < 4.78 is 3.22. The molecule has 0 radical (unpaired) electrons. The summed E-state index contributed by atoms with van der Waals surface area (Å²) in [7, 11) is 0. The minimum atomic E-state index is 0.832. The summed E-state index contributed by atoms with van der Waals surface area (Å²) in [5.41, 5.74) is 4.68. The Morgan fingerprint density at radius 3 is 2.62 bits per heavy atom. The number of hydrogen-bond donors (Lipinski definition) is 0. The van der Waals surface area contributed by atoms with Gasteiger partial charge in [-0.25, -0.2) is 4.98 Å². The third kappa shape index (κ3) is 2.09. The van der Waals surface area contributed by atoms with Crippen LogP contribution in [0.2, 0.25) is 0 Å². The zero-order valence-corrected chi connectivity index (χ0v) is 12.3. The van der Waals surface area contributed by atoms with Gasteiger partial charge in [0.25, 0.3) is 0 Å². The normalized spacial score (nSPS) is 10.8. The van der Waals surface area contributed by atoms with Crippen molar-refractivity contribution in [2.45, 2.75) is 19.2 Å². The van der Waals surface area contributed by atoms with Gasteiger partial charge in [-0.2, -0.15) is 0 Å². The van der Waals surface area contributed by atoms with E-state index in [0.29, 0.717) is 0 Å². The molecule has 84 valence electrons. The number of aromatic nitrogens is 2. The number of aryl methyl sites for hydroxylation is 1. The van der Waals surface area contributed by atoms with Crippen LogP contribution in [0.25, 0.3) is 5.69 Å². The highest BCUT2D eigenvalue weighted by Gasteiger charge is 2.08. The molecule has 1 aromatic carbocycles. The Kier molecular flexibility index (Phi) is 3.50. The van der Waals surface area contributed by atoms with Gasteiger partial charge in [-0.15, -0.1) is 0 Å². The van der Waals surface area contributed by atoms with Crippen molar-refractivity contribution in [3.63, 3.8) is 0 Å². The van der Waals surface area contributed by atoms with Crippen LogP contribution in [0.5, 0.6) is 0 Å². The average molecular weight is 344 g/mol. The maximum Gasteiger partial charge on any atom is 0.0997 e.